The Kier molecular flexibility index (Phi) is 5.56. The first-order chi connectivity index (χ1) is 10.0. The van der Waals surface area contributed by atoms with Gasteiger partial charge in [-0.25, -0.2) is 0 Å². The number of piperidine rings is 1. The Morgan fingerprint density at radius 2 is 2.19 bits per heavy atom. The van der Waals surface area contributed by atoms with E-state index in [1.807, 2.05) is 11.2 Å². The van der Waals surface area contributed by atoms with Crippen molar-refractivity contribution in [3.63, 3.8) is 0 Å². The second kappa shape index (κ2) is 7.02. The number of aromatic nitrogens is 2. The van der Waals surface area contributed by atoms with Gasteiger partial charge in [0.25, 0.3) is 5.91 Å². The number of thiocarbonyl (C=S) groups is 1. The Hall–Kier alpha value is -0.730. The minimum Gasteiger partial charge on any atom is -0.392 e. The number of likely N-dealkylation sites (tertiary alicyclic amines) is 1. The first-order valence-corrected chi connectivity index (χ1v) is 9.40. The first kappa shape index (κ1) is 16.6. The molecule has 1 aliphatic rings. The molecule has 2 heterocycles. The summed E-state index contributed by atoms with van der Waals surface area (Å²) >= 11 is 8.09. The van der Waals surface area contributed by atoms with E-state index in [-0.39, 0.29) is 10.7 Å². The van der Waals surface area contributed by atoms with Crippen LogP contribution in [0.5, 0.6) is 0 Å². The SMILES string of the molecule is CCCc1nnsc1C(=O)N1CCC(SC)(C(N)=S)CC1. The van der Waals surface area contributed by atoms with Crippen LogP contribution in [-0.4, -0.2) is 49.5 Å². The molecule has 0 aromatic carbocycles. The molecule has 5 nitrogen and oxygen atoms in total. The first-order valence-electron chi connectivity index (χ1n) is 6.99. The lowest BCUT2D eigenvalue weighted by molar-refractivity contribution is 0.0722. The largest absolute Gasteiger partial charge is 0.392 e. The number of thioether (sulfide) groups is 1. The van der Waals surface area contributed by atoms with Crippen LogP contribution < -0.4 is 5.73 Å². The van der Waals surface area contributed by atoms with E-state index in [0.29, 0.717) is 23.0 Å². The van der Waals surface area contributed by atoms with E-state index >= 15 is 0 Å². The Morgan fingerprint density at radius 3 is 2.71 bits per heavy atom. The monoisotopic (exact) mass is 344 g/mol. The van der Waals surface area contributed by atoms with Crippen molar-refractivity contribution in [3.8, 4) is 0 Å². The zero-order valence-electron chi connectivity index (χ0n) is 12.3. The molecule has 1 amide bonds. The average Bonchev–Trinajstić information content (AvgIpc) is 2.95. The number of hydrogen-bond acceptors (Lipinski definition) is 6. The van der Waals surface area contributed by atoms with Crippen LogP contribution in [0.1, 0.15) is 41.6 Å². The molecule has 0 unspecified atom stereocenters. The highest BCUT2D eigenvalue weighted by Gasteiger charge is 2.38. The molecule has 1 fully saturated rings. The van der Waals surface area contributed by atoms with Gasteiger partial charge in [-0.3, -0.25) is 4.79 Å². The van der Waals surface area contributed by atoms with Gasteiger partial charge in [-0.15, -0.1) is 5.10 Å². The summed E-state index contributed by atoms with van der Waals surface area (Å²) in [7, 11) is 0. The molecule has 2 rings (SSSR count). The molecular formula is C13H20N4OS3. The molecule has 0 saturated carbocycles. The highest BCUT2D eigenvalue weighted by atomic mass is 32.2. The minimum atomic E-state index is -0.162. The van der Waals surface area contributed by atoms with Gasteiger partial charge in [0.2, 0.25) is 0 Å². The number of aryl methyl sites for hydroxylation is 1. The highest BCUT2D eigenvalue weighted by molar-refractivity contribution is 8.02. The molecule has 21 heavy (non-hydrogen) atoms. The number of carbonyl (C=O) groups is 1. The van der Waals surface area contributed by atoms with Crippen LogP contribution in [0.2, 0.25) is 0 Å². The number of rotatable bonds is 5. The van der Waals surface area contributed by atoms with Gasteiger partial charge in [0, 0.05) is 13.1 Å². The number of nitrogens with two attached hydrogens (primary N) is 1. The van der Waals surface area contributed by atoms with Crippen LogP contribution in [-0.2, 0) is 6.42 Å². The summed E-state index contributed by atoms with van der Waals surface area (Å²) in [5.41, 5.74) is 6.70. The average molecular weight is 345 g/mol. The lowest BCUT2D eigenvalue weighted by Crippen LogP contribution is -2.50. The van der Waals surface area contributed by atoms with E-state index < -0.39 is 0 Å². The van der Waals surface area contributed by atoms with Gasteiger partial charge in [-0.2, -0.15) is 11.8 Å². The Bertz CT molecular complexity index is 523. The predicted molar refractivity (Wildman–Crippen MR) is 92.1 cm³/mol. The van der Waals surface area contributed by atoms with E-state index in [9.17, 15) is 4.79 Å². The number of nitrogens with zero attached hydrogens (tertiary/aromatic N) is 3. The summed E-state index contributed by atoms with van der Waals surface area (Å²) in [6.45, 7) is 3.43. The lowest BCUT2D eigenvalue weighted by Gasteiger charge is -2.39. The number of carbonyl (C=O) groups excluding carboxylic acids is 1. The molecule has 1 saturated heterocycles. The van der Waals surface area contributed by atoms with E-state index in [4.69, 9.17) is 18.0 Å². The fourth-order valence-electron chi connectivity index (χ4n) is 2.54. The molecule has 0 radical (unpaired) electrons. The molecule has 0 aliphatic carbocycles. The quantitative estimate of drug-likeness (QED) is 0.825. The summed E-state index contributed by atoms with van der Waals surface area (Å²) in [5.74, 6) is 0.0473. The Morgan fingerprint density at radius 1 is 1.52 bits per heavy atom. The molecule has 8 heteroatoms. The molecule has 0 bridgehead atoms. The molecule has 116 valence electrons. The van der Waals surface area contributed by atoms with Crippen molar-refractivity contribution in [1.29, 1.82) is 0 Å². The maximum absolute atomic E-state index is 12.6. The van der Waals surface area contributed by atoms with Gasteiger partial charge < -0.3 is 10.6 Å². The normalized spacial score (nSPS) is 17.7. The van der Waals surface area contributed by atoms with Gasteiger partial charge in [0.05, 0.1) is 15.4 Å². The third kappa shape index (κ3) is 3.37. The van der Waals surface area contributed by atoms with E-state index in [1.54, 1.807) is 11.8 Å². The summed E-state index contributed by atoms with van der Waals surface area (Å²) in [4.78, 5) is 15.7. The van der Waals surface area contributed by atoms with Crippen LogP contribution in [0.4, 0.5) is 0 Å². The maximum atomic E-state index is 12.6. The predicted octanol–water partition coefficient (Wildman–Crippen LogP) is 2.11. The van der Waals surface area contributed by atoms with Crippen LogP contribution in [0.3, 0.4) is 0 Å². The number of hydrogen-bond donors (Lipinski definition) is 1. The van der Waals surface area contributed by atoms with Crippen molar-refractivity contribution < 1.29 is 4.79 Å². The highest BCUT2D eigenvalue weighted by Crippen LogP contribution is 2.35. The third-order valence-corrected chi connectivity index (χ3v) is 6.62. The van der Waals surface area contributed by atoms with Crippen LogP contribution in [0.15, 0.2) is 0 Å². The molecule has 0 atom stereocenters. The summed E-state index contributed by atoms with van der Waals surface area (Å²) < 4.78 is 3.77. The third-order valence-electron chi connectivity index (χ3n) is 3.93. The lowest BCUT2D eigenvalue weighted by atomic mass is 9.95. The Balaban J connectivity index is 2.06. The van der Waals surface area contributed by atoms with Gasteiger partial charge in [-0.05, 0) is 37.1 Å². The van der Waals surface area contributed by atoms with Crippen molar-refractivity contribution in [2.75, 3.05) is 19.3 Å². The van der Waals surface area contributed by atoms with Crippen molar-refractivity contribution in [2.24, 2.45) is 5.73 Å². The fourth-order valence-corrected chi connectivity index (χ4v) is 4.46. The molecule has 1 aromatic heterocycles. The fraction of sp³-hybridized carbons (Fsp3) is 0.692. The number of amides is 1. The van der Waals surface area contributed by atoms with E-state index in [0.717, 1.165) is 31.4 Å². The second-order valence-electron chi connectivity index (χ2n) is 5.15. The Labute approximate surface area is 138 Å². The molecule has 1 aliphatic heterocycles. The molecule has 0 spiro atoms. The van der Waals surface area contributed by atoms with E-state index in [1.165, 1.54) is 11.5 Å². The summed E-state index contributed by atoms with van der Waals surface area (Å²) in [6, 6.07) is 0. The van der Waals surface area contributed by atoms with Crippen molar-refractivity contribution in [3.05, 3.63) is 10.6 Å². The molecule has 1 aromatic rings. The zero-order valence-corrected chi connectivity index (χ0v) is 14.7. The van der Waals surface area contributed by atoms with Crippen LogP contribution in [0, 0.1) is 0 Å². The van der Waals surface area contributed by atoms with Crippen molar-refractivity contribution in [2.45, 2.75) is 37.4 Å². The maximum Gasteiger partial charge on any atom is 0.267 e. The van der Waals surface area contributed by atoms with Crippen molar-refractivity contribution in [1.82, 2.24) is 14.5 Å². The van der Waals surface area contributed by atoms with Gasteiger partial charge in [0.15, 0.2) is 0 Å². The van der Waals surface area contributed by atoms with Crippen LogP contribution in [0.25, 0.3) is 0 Å². The van der Waals surface area contributed by atoms with Gasteiger partial charge >= 0.3 is 0 Å². The van der Waals surface area contributed by atoms with Gasteiger partial charge in [-0.1, -0.05) is 30.1 Å². The molecule has 2 N–H and O–H groups in total. The smallest absolute Gasteiger partial charge is 0.267 e. The summed E-state index contributed by atoms with van der Waals surface area (Å²) in [5, 5.41) is 4.07. The van der Waals surface area contributed by atoms with Gasteiger partial charge in [0.1, 0.15) is 4.88 Å². The van der Waals surface area contributed by atoms with E-state index in [2.05, 4.69) is 16.5 Å². The standard InChI is InChI=1S/C13H20N4OS3/c1-3-4-9-10(21-16-15-9)11(18)17-7-5-13(20-2,6-8-17)12(14)19/h3-8H2,1-2H3,(H2,14,19). The zero-order chi connectivity index (χ0) is 15.5. The minimum absolute atomic E-state index is 0.0473. The molecular weight excluding hydrogens is 324 g/mol. The van der Waals surface area contributed by atoms with Crippen LogP contribution >= 0.6 is 35.5 Å². The van der Waals surface area contributed by atoms with Crippen molar-refractivity contribution >= 4 is 46.4 Å². The summed E-state index contributed by atoms with van der Waals surface area (Å²) in [6.07, 6.45) is 5.41. The second-order valence-corrected chi connectivity index (χ2v) is 7.54. The topological polar surface area (TPSA) is 72.1 Å².